The van der Waals surface area contributed by atoms with Crippen LogP contribution in [-0.2, 0) is 24.4 Å². The van der Waals surface area contributed by atoms with Crippen molar-refractivity contribution in [1.29, 1.82) is 0 Å². The van der Waals surface area contributed by atoms with E-state index in [-0.39, 0.29) is 29.9 Å². The van der Waals surface area contributed by atoms with E-state index >= 15 is 0 Å². The van der Waals surface area contributed by atoms with Gasteiger partial charge in [-0.05, 0) is 66.1 Å². The van der Waals surface area contributed by atoms with Gasteiger partial charge in [-0.15, -0.1) is 12.4 Å². The summed E-state index contributed by atoms with van der Waals surface area (Å²) in [6, 6.07) is 32.1. The summed E-state index contributed by atoms with van der Waals surface area (Å²) in [6.45, 7) is 6.68. The molecular formula is C41H40Cl2FN3O4. The molecule has 0 bridgehead atoms. The minimum Gasteiger partial charge on any atom is -0.493 e. The van der Waals surface area contributed by atoms with Crippen LogP contribution in [0.2, 0.25) is 5.02 Å². The van der Waals surface area contributed by atoms with Crippen molar-refractivity contribution in [2.45, 2.75) is 26.5 Å². The molecular weight excluding hydrogens is 688 g/mol. The summed E-state index contributed by atoms with van der Waals surface area (Å²) in [5.41, 5.74) is 5.12. The fourth-order valence-electron chi connectivity index (χ4n) is 5.50. The van der Waals surface area contributed by atoms with E-state index in [0.717, 1.165) is 37.4 Å². The van der Waals surface area contributed by atoms with Crippen LogP contribution in [0.4, 0.5) is 4.39 Å². The second kappa shape index (κ2) is 18.4. The lowest BCUT2D eigenvalue weighted by Crippen LogP contribution is -2.47. The van der Waals surface area contributed by atoms with Crippen molar-refractivity contribution in [3.05, 3.63) is 154 Å². The Morgan fingerprint density at radius 1 is 0.863 bits per heavy atom. The fourth-order valence-corrected chi connectivity index (χ4v) is 5.69. The summed E-state index contributed by atoms with van der Waals surface area (Å²) in [4.78, 5) is 21.3. The minimum atomic E-state index is -0.558. The Morgan fingerprint density at radius 3 is 2.29 bits per heavy atom. The van der Waals surface area contributed by atoms with Gasteiger partial charge in [-0.3, -0.25) is 9.69 Å². The molecule has 10 heteroatoms. The van der Waals surface area contributed by atoms with E-state index < -0.39 is 5.82 Å². The average Bonchev–Trinajstić information content (AvgIpc) is 3.14. The molecule has 1 fully saturated rings. The van der Waals surface area contributed by atoms with Gasteiger partial charge in [0.05, 0.1) is 12.8 Å². The monoisotopic (exact) mass is 727 g/mol. The van der Waals surface area contributed by atoms with Crippen molar-refractivity contribution < 1.29 is 23.4 Å². The standard InChI is InChI=1S/C41H39ClFN3O4.ClH/c1-30-6-14-35(15-7-30)48-25-20-31-8-10-33(11-9-31)28-45-21-23-46(24-22-45)41(47)19-13-32-12-17-39(38(43)26-32)50-40-18-16-36(27-44-40)49-29-34-4-2-3-5-37(34)42;/h2-19,26-27H,20-25,28-29H2,1H3;1H. The Hall–Kier alpha value is -4.89. The highest BCUT2D eigenvalue weighted by molar-refractivity contribution is 6.31. The molecule has 0 N–H and O–H groups in total. The molecule has 0 unspecified atom stereocenters. The summed E-state index contributed by atoms with van der Waals surface area (Å²) in [7, 11) is 0. The highest BCUT2D eigenvalue weighted by Gasteiger charge is 2.20. The maximum absolute atomic E-state index is 14.9. The lowest BCUT2D eigenvalue weighted by Gasteiger charge is -2.34. The van der Waals surface area contributed by atoms with Crippen molar-refractivity contribution >= 4 is 36.0 Å². The number of benzene rings is 4. The maximum atomic E-state index is 14.9. The molecule has 1 saturated heterocycles. The van der Waals surface area contributed by atoms with Gasteiger partial charge in [0, 0.05) is 61.9 Å². The molecule has 51 heavy (non-hydrogen) atoms. The zero-order valence-corrected chi connectivity index (χ0v) is 29.9. The summed E-state index contributed by atoms with van der Waals surface area (Å²) >= 11 is 6.18. The number of hydrogen-bond donors (Lipinski definition) is 0. The summed E-state index contributed by atoms with van der Waals surface area (Å²) in [5.74, 6) is 1.03. The third-order valence-corrected chi connectivity index (χ3v) is 8.81. The van der Waals surface area contributed by atoms with Crippen molar-refractivity contribution in [2.75, 3.05) is 32.8 Å². The van der Waals surface area contributed by atoms with Gasteiger partial charge in [0.2, 0.25) is 11.8 Å². The molecule has 1 aliphatic heterocycles. The summed E-state index contributed by atoms with van der Waals surface area (Å²) < 4.78 is 32.1. The lowest BCUT2D eigenvalue weighted by atomic mass is 10.1. The highest BCUT2D eigenvalue weighted by atomic mass is 35.5. The van der Waals surface area contributed by atoms with Crippen LogP contribution in [0.25, 0.3) is 6.08 Å². The summed E-state index contributed by atoms with van der Waals surface area (Å²) in [5, 5.41) is 0.627. The third-order valence-electron chi connectivity index (χ3n) is 8.44. The number of halogens is 3. The van der Waals surface area contributed by atoms with Crippen molar-refractivity contribution in [1.82, 2.24) is 14.8 Å². The first-order valence-corrected chi connectivity index (χ1v) is 17.0. The van der Waals surface area contributed by atoms with Gasteiger partial charge < -0.3 is 19.1 Å². The first-order valence-electron chi connectivity index (χ1n) is 16.6. The van der Waals surface area contributed by atoms with E-state index in [0.29, 0.717) is 42.6 Å². The van der Waals surface area contributed by atoms with E-state index in [1.165, 1.54) is 41.1 Å². The van der Waals surface area contributed by atoms with Crippen LogP contribution in [0, 0.1) is 12.7 Å². The Bertz CT molecular complexity index is 1900. The molecule has 7 nitrogen and oxygen atoms in total. The molecule has 2 heterocycles. The number of pyridine rings is 1. The Morgan fingerprint density at radius 2 is 1.59 bits per heavy atom. The zero-order valence-electron chi connectivity index (χ0n) is 28.3. The fraction of sp³-hybridized carbons (Fsp3) is 0.220. The second-order valence-corrected chi connectivity index (χ2v) is 12.6. The van der Waals surface area contributed by atoms with Crippen LogP contribution in [0.3, 0.4) is 0 Å². The van der Waals surface area contributed by atoms with Crippen molar-refractivity contribution in [2.24, 2.45) is 0 Å². The van der Waals surface area contributed by atoms with E-state index in [1.54, 1.807) is 30.3 Å². The largest absolute Gasteiger partial charge is 0.493 e. The van der Waals surface area contributed by atoms with Gasteiger partial charge in [-0.2, -0.15) is 0 Å². The number of piperazine rings is 1. The molecule has 1 aliphatic rings. The van der Waals surface area contributed by atoms with E-state index in [1.807, 2.05) is 35.2 Å². The first-order chi connectivity index (χ1) is 24.4. The molecule has 0 radical (unpaired) electrons. The molecule has 1 aromatic heterocycles. The molecule has 264 valence electrons. The van der Waals surface area contributed by atoms with Gasteiger partial charge in [0.15, 0.2) is 11.6 Å². The number of aromatic nitrogens is 1. The molecule has 1 amide bonds. The maximum Gasteiger partial charge on any atom is 0.246 e. The molecule has 4 aromatic carbocycles. The minimum absolute atomic E-state index is 0. The first kappa shape index (κ1) is 37.4. The van der Waals surface area contributed by atoms with E-state index in [9.17, 15) is 9.18 Å². The Kier molecular flexibility index (Phi) is 13.5. The number of rotatable bonds is 13. The quantitative estimate of drug-likeness (QED) is 0.113. The third kappa shape index (κ3) is 11.0. The number of ether oxygens (including phenoxy) is 3. The topological polar surface area (TPSA) is 64.1 Å². The van der Waals surface area contributed by atoms with E-state index in [2.05, 4.69) is 53.2 Å². The van der Waals surface area contributed by atoms with Crippen LogP contribution in [0.5, 0.6) is 23.1 Å². The summed E-state index contributed by atoms with van der Waals surface area (Å²) in [6.07, 6.45) is 5.48. The van der Waals surface area contributed by atoms with Crippen LogP contribution in [-0.4, -0.2) is 53.5 Å². The Labute approximate surface area is 309 Å². The number of hydrogen-bond acceptors (Lipinski definition) is 6. The smallest absolute Gasteiger partial charge is 0.246 e. The number of amides is 1. The molecule has 5 aromatic rings. The normalized spacial score (nSPS) is 13.1. The van der Waals surface area contributed by atoms with Gasteiger partial charge in [0.25, 0.3) is 0 Å². The van der Waals surface area contributed by atoms with Gasteiger partial charge >= 0.3 is 0 Å². The van der Waals surface area contributed by atoms with Gasteiger partial charge in [-0.25, -0.2) is 9.37 Å². The van der Waals surface area contributed by atoms with Crippen LogP contribution >= 0.6 is 24.0 Å². The average molecular weight is 729 g/mol. The Balaban J connectivity index is 0.00000504. The highest BCUT2D eigenvalue weighted by Crippen LogP contribution is 2.26. The molecule has 0 saturated carbocycles. The van der Waals surface area contributed by atoms with Crippen molar-refractivity contribution in [3.63, 3.8) is 0 Å². The predicted octanol–water partition coefficient (Wildman–Crippen LogP) is 8.95. The van der Waals surface area contributed by atoms with Gasteiger partial charge in [-0.1, -0.05) is 77.8 Å². The molecule has 0 atom stereocenters. The van der Waals surface area contributed by atoms with E-state index in [4.69, 9.17) is 25.8 Å². The number of aryl methyl sites for hydroxylation is 1. The van der Waals surface area contributed by atoms with Crippen LogP contribution in [0.15, 0.2) is 115 Å². The number of carbonyl (C=O) groups excluding carboxylic acids is 1. The molecule has 0 aliphatic carbocycles. The molecule has 0 spiro atoms. The van der Waals surface area contributed by atoms with Crippen LogP contribution < -0.4 is 14.2 Å². The predicted molar refractivity (Wildman–Crippen MR) is 201 cm³/mol. The van der Waals surface area contributed by atoms with Gasteiger partial charge in [0.1, 0.15) is 18.1 Å². The van der Waals surface area contributed by atoms with Crippen LogP contribution in [0.1, 0.15) is 27.8 Å². The number of nitrogens with zero attached hydrogens (tertiary/aromatic N) is 3. The number of carbonyl (C=O) groups is 1. The SMILES string of the molecule is Cc1ccc(OCCc2ccc(CN3CCN(C(=O)C=Cc4ccc(Oc5ccc(OCc6ccccc6Cl)cn5)c(F)c4)CC3)cc2)cc1.Cl. The van der Waals surface area contributed by atoms with Crippen molar-refractivity contribution in [3.8, 4) is 23.1 Å². The molecule has 6 rings (SSSR count). The lowest BCUT2D eigenvalue weighted by molar-refractivity contribution is -0.127. The second-order valence-electron chi connectivity index (χ2n) is 12.2. The zero-order chi connectivity index (χ0) is 34.7.